The molecule has 0 amide bonds. The minimum atomic E-state index is -3.72. The molecule has 0 saturated heterocycles. The van der Waals surface area contributed by atoms with Crippen LogP contribution >= 0.6 is 0 Å². The molecule has 0 spiro atoms. The van der Waals surface area contributed by atoms with Gasteiger partial charge in [-0.25, -0.2) is 8.42 Å². The van der Waals surface area contributed by atoms with E-state index in [9.17, 15) is 8.42 Å². The molecule has 2 rings (SSSR count). The summed E-state index contributed by atoms with van der Waals surface area (Å²) >= 11 is 0. The molecule has 1 aliphatic heterocycles. The summed E-state index contributed by atoms with van der Waals surface area (Å²) in [5.74, 6) is 0.459. The van der Waals surface area contributed by atoms with Crippen molar-refractivity contribution in [3.05, 3.63) is 57.8 Å². The molecule has 0 aromatic heterocycles. The van der Waals surface area contributed by atoms with Gasteiger partial charge in [-0.05, 0) is 37.1 Å². The van der Waals surface area contributed by atoms with Crippen LogP contribution in [0.3, 0.4) is 0 Å². The van der Waals surface area contributed by atoms with Crippen LogP contribution in [0.25, 0.3) is 10.4 Å². The van der Waals surface area contributed by atoms with Gasteiger partial charge < -0.3 is 4.74 Å². The Labute approximate surface area is 141 Å². The van der Waals surface area contributed by atoms with E-state index in [1.165, 1.54) is 4.31 Å². The Morgan fingerprint density at radius 2 is 2.25 bits per heavy atom. The highest BCUT2D eigenvalue weighted by Gasteiger charge is 2.34. The van der Waals surface area contributed by atoms with Gasteiger partial charge in [0, 0.05) is 4.91 Å². The van der Waals surface area contributed by atoms with E-state index < -0.39 is 16.1 Å². The maximum Gasteiger partial charge on any atom is 0.264 e. The van der Waals surface area contributed by atoms with Crippen molar-refractivity contribution in [1.29, 1.82) is 0 Å². The SMILES string of the molecule is C/C=C(\C=C/CC)S(=O)(=O)N1CC(CN=[N+]=[N-])Oc2ccccc21. The number of rotatable bonds is 6. The summed E-state index contributed by atoms with van der Waals surface area (Å²) in [6, 6.07) is 6.94. The Morgan fingerprint density at radius 1 is 1.50 bits per heavy atom. The van der Waals surface area contributed by atoms with Crippen LogP contribution < -0.4 is 9.04 Å². The van der Waals surface area contributed by atoms with E-state index in [-0.39, 0.29) is 18.0 Å². The van der Waals surface area contributed by atoms with E-state index in [1.807, 2.05) is 6.92 Å². The number of benzene rings is 1. The van der Waals surface area contributed by atoms with E-state index >= 15 is 0 Å². The number of hydrogen-bond acceptors (Lipinski definition) is 4. The minimum absolute atomic E-state index is 0.0623. The molecule has 1 aromatic carbocycles. The lowest BCUT2D eigenvalue weighted by Crippen LogP contribution is -2.45. The van der Waals surface area contributed by atoms with Crippen LogP contribution in [-0.4, -0.2) is 27.6 Å². The summed E-state index contributed by atoms with van der Waals surface area (Å²) < 4.78 is 33.2. The fourth-order valence-corrected chi connectivity index (χ4v) is 4.00. The number of fused-ring (bicyclic) bond motifs is 1. The molecular formula is C16H20N4O3S. The molecular weight excluding hydrogens is 328 g/mol. The van der Waals surface area contributed by atoms with Gasteiger partial charge in [-0.15, -0.1) is 0 Å². The number of para-hydroxylation sites is 2. The van der Waals surface area contributed by atoms with Crippen LogP contribution in [0.2, 0.25) is 0 Å². The molecule has 1 heterocycles. The number of sulfonamides is 1. The Morgan fingerprint density at radius 3 is 2.92 bits per heavy atom. The lowest BCUT2D eigenvalue weighted by molar-refractivity contribution is 0.208. The molecule has 1 unspecified atom stereocenters. The van der Waals surface area contributed by atoms with Gasteiger partial charge in [-0.1, -0.05) is 36.3 Å². The Balaban J connectivity index is 2.46. The number of ether oxygens (including phenoxy) is 1. The standard InChI is InChI=1S/C16H20N4O3S/c1-3-5-8-14(4-2)24(21,22)20-12-13(11-18-19-17)23-16-10-7-6-9-15(16)20/h4-10,13H,3,11-12H2,1-2H3/b8-5-,14-4+. The van der Waals surface area contributed by atoms with E-state index in [4.69, 9.17) is 10.3 Å². The fraction of sp³-hybridized carbons (Fsp3) is 0.375. The first-order valence-electron chi connectivity index (χ1n) is 7.66. The molecule has 7 nitrogen and oxygen atoms in total. The van der Waals surface area contributed by atoms with Crippen molar-refractivity contribution in [2.75, 3.05) is 17.4 Å². The molecule has 0 saturated carbocycles. The molecule has 1 aliphatic rings. The highest BCUT2D eigenvalue weighted by atomic mass is 32.2. The first-order chi connectivity index (χ1) is 11.5. The van der Waals surface area contributed by atoms with Gasteiger partial charge in [0.25, 0.3) is 10.0 Å². The number of anilines is 1. The Kier molecular flexibility index (Phi) is 5.89. The maximum atomic E-state index is 13.1. The van der Waals surface area contributed by atoms with Crippen LogP contribution in [0.5, 0.6) is 5.75 Å². The number of hydrogen-bond donors (Lipinski definition) is 0. The first-order valence-corrected chi connectivity index (χ1v) is 9.10. The average Bonchev–Trinajstić information content (AvgIpc) is 2.59. The second-order valence-corrected chi connectivity index (χ2v) is 7.02. The summed E-state index contributed by atoms with van der Waals surface area (Å²) in [6.45, 7) is 3.79. The molecule has 0 bridgehead atoms. The third-order valence-corrected chi connectivity index (χ3v) is 5.43. The lowest BCUT2D eigenvalue weighted by atomic mass is 10.2. The van der Waals surface area contributed by atoms with Crippen molar-refractivity contribution < 1.29 is 13.2 Å². The molecule has 8 heteroatoms. The van der Waals surface area contributed by atoms with Gasteiger partial charge in [0.05, 0.1) is 23.7 Å². The topological polar surface area (TPSA) is 95.4 Å². The van der Waals surface area contributed by atoms with E-state index in [0.29, 0.717) is 11.4 Å². The zero-order valence-corrected chi connectivity index (χ0v) is 14.5. The highest BCUT2D eigenvalue weighted by Crippen LogP contribution is 2.36. The third kappa shape index (κ3) is 3.72. The van der Waals surface area contributed by atoms with Crippen LogP contribution in [0, 0.1) is 0 Å². The van der Waals surface area contributed by atoms with Gasteiger partial charge in [-0.3, -0.25) is 4.31 Å². The largest absolute Gasteiger partial charge is 0.486 e. The van der Waals surface area contributed by atoms with E-state index in [2.05, 4.69) is 10.0 Å². The van der Waals surface area contributed by atoms with E-state index in [1.54, 1.807) is 49.4 Å². The normalized spacial score (nSPS) is 18.0. The lowest BCUT2D eigenvalue weighted by Gasteiger charge is -2.35. The molecule has 0 N–H and O–H groups in total. The number of allylic oxidation sites excluding steroid dienone is 3. The van der Waals surface area contributed by atoms with Gasteiger partial charge in [0.1, 0.15) is 11.9 Å². The van der Waals surface area contributed by atoms with Crippen molar-refractivity contribution in [2.45, 2.75) is 26.4 Å². The maximum absolute atomic E-state index is 13.1. The third-order valence-electron chi connectivity index (χ3n) is 3.54. The summed E-state index contributed by atoms with van der Waals surface area (Å²) in [7, 11) is -3.72. The van der Waals surface area contributed by atoms with E-state index in [0.717, 1.165) is 6.42 Å². The molecule has 1 atom stereocenters. The van der Waals surface area contributed by atoms with Crippen LogP contribution in [-0.2, 0) is 10.0 Å². The quantitative estimate of drug-likeness (QED) is 0.339. The zero-order chi connectivity index (χ0) is 17.6. The minimum Gasteiger partial charge on any atom is -0.486 e. The summed E-state index contributed by atoms with van der Waals surface area (Å²) in [5.41, 5.74) is 8.98. The summed E-state index contributed by atoms with van der Waals surface area (Å²) in [4.78, 5) is 2.94. The van der Waals surface area contributed by atoms with Crippen LogP contribution in [0.1, 0.15) is 20.3 Å². The predicted octanol–water partition coefficient (Wildman–Crippen LogP) is 3.76. The zero-order valence-electron chi connectivity index (χ0n) is 13.7. The first kappa shape index (κ1) is 17.9. The molecule has 128 valence electrons. The van der Waals surface area contributed by atoms with Gasteiger partial charge in [0.2, 0.25) is 0 Å². The summed E-state index contributed by atoms with van der Waals surface area (Å²) in [6.07, 6.45) is 5.19. The predicted molar refractivity (Wildman–Crippen MR) is 94.3 cm³/mol. The van der Waals surface area contributed by atoms with Crippen molar-refractivity contribution >= 4 is 15.7 Å². The van der Waals surface area contributed by atoms with Crippen LogP contribution in [0.15, 0.2) is 52.5 Å². The molecule has 0 aliphatic carbocycles. The second-order valence-electron chi connectivity index (χ2n) is 5.16. The molecule has 1 aromatic rings. The van der Waals surface area contributed by atoms with Crippen molar-refractivity contribution in [2.24, 2.45) is 5.11 Å². The Bertz CT molecular complexity index is 795. The van der Waals surface area contributed by atoms with Gasteiger partial charge in [0.15, 0.2) is 0 Å². The molecule has 24 heavy (non-hydrogen) atoms. The fourth-order valence-electron chi connectivity index (χ4n) is 2.41. The monoisotopic (exact) mass is 348 g/mol. The number of nitrogens with zero attached hydrogens (tertiary/aromatic N) is 4. The van der Waals surface area contributed by atoms with Crippen molar-refractivity contribution in [3.8, 4) is 5.75 Å². The van der Waals surface area contributed by atoms with Crippen molar-refractivity contribution in [3.63, 3.8) is 0 Å². The molecule has 0 fully saturated rings. The second kappa shape index (κ2) is 7.90. The highest BCUT2D eigenvalue weighted by molar-refractivity contribution is 7.96. The average molecular weight is 348 g/mol. The van der Waals surface area contributed by atoms with Gasteiger partial charge >= 0.3 is 0 Å². The number of azide groups is 1. The van der Waals surface area contributed by atoms with Crippen molar-refractivity contribution in [1.82, 2.24) is 0 Å². The summed E-state index contributed by atoms with van der Waals surface area (Å²) in [5, 5.41) is 3.50. The Hall–Kier alpha value is -2.44. The smallest absolute Gasteiger partial charge is 0.264 e. The van der Waals surface area contributed by atoms with Crippen LogP contribution in [0.4, 0.5) is 5.69 Å². The van der Waals surface area contributed by atoms with Gasteiger partial charge in [-0.2, -0.15) is 0 Å². The molecule has 0 radical (unpaired) electrons.